The highest BCUT2D eigenvalue weighted by atomic mass is 16.4. The van der Waals surface area contributed by atoms with Crippen molar-refractivity contribution in [1.82, 2.24) is 5.32 Å². The zero-order chi connectivity index (χ0) is 12.8. The first-order valence-corrected chi connectivity index (χ1v) is 5.82. The van der Waals surface area contributed by atoms with Gasteiger partial charge in [-0.2, -0.15) is 0 Å². The number of carboxylic acids is 1. The summed E-state index contributed by atoms with van der Waals surface area (Å²) < 4.78 is 5.14. The molecule has 2 aromatic rings. The fourth-order valence-corrected chi connectivity index (χ4v) is 1.68. The topological polar surface area (TPSA) is 62.5 Å². The molecule has 0 amide bonds. The van der Waals surface area contributed by atoms with Gasteiger partial charge < -0.3 is 14.8 Å². The lowest BCUT2D eigenvalue weighted by Gasteiger charge is -2.02. The molecule has 0 radical (unpaired) electrons. The van der Waals surface area contributed by atoms with Crippen LogP contribution in [0.5, 0.6) is 0 Å². The Morgan fingerprint density at radius 2 is 1.94 bits per heavy atom. The summed E-state index contributed by atoms with van der Waals surface area (Å²) in [5.74, 6) is -0.416. The van der Waals surface area contributed by atoms with Crippen molar-refractivity contribution in [2.45, 2.75) is 13.0 Å². The van der Waals surface area contributed by atoms with Crippen LogP contribution in [0.4, 0.5) is 0 Å². The molecule has 4 nitrogen and oxygen atoms in total. The van der Waals surface area contributed by atoms with Crippen LogP contribution in [-0.4, -0.2) is 17.6 Å². The molecular formula is C14H15NO3. The Morgan fingerprint density at radius 1 is 1.17 bits per heavy atom. The Hall–Kier alpha value is -2.07. The summed E-state index contributed by atoms with van der Waals surface area (Å²) in [6.45, 7) is 1.37. The van der Waals surface area contributed by atoms with Crippen LogP contribution in [0.1, 0.15) is 21.9 Å². The Labute approximate surface area is 105 Å². The maximum absolute atomic E-state index is 10.6. The van der Waals surface area contributed by atoms with Gasteiger partial charge in [-0.15, -0.1) is 0 Å². The average Bonchev–Trinajstić information content (AvgIpc) is 2.85. The second kappa shape index (κ2) is 6.02. The summed E-state index contributed by atoms with van der Waals surface area (Å²) in [7, 11) is 0. The van der Waals surface area contributed by atoms with Crippen molar-refractivity contribution in [3.05, 3.63) is 59.5 Å². The van der Waals surface area contributed by atoms with Gasteiger partial charge in [0.1, 0.15) is 5.76 Å². The summed E-state index contributed by atoms with van der Waals surface area (Å²) >= 11 is 0. The van der Waals surface area contributed by atoms with Crippen LogP contribution >= 0.6 is 0 Å². The first kappa shape index (κ1) is 12.4. The second-order valence-corrected chi connectivity index (χ2v) is 3.98. The predicted octanol–water partition coefficient (Wildman–Crippen LogP) is 2.31. The minimum Gasteiger partial charge on any atom is -0.475 e. The minimum absolute atomic E-state index is 0.0186. The van der Waals surface area contributed by atoms with Crippen molar-refractivity contribution in [2.75, 3.05) is 6.54 Å². The first-order chi connectivity index (χ1) is 8.75. The van der Waals surface area contributed by atoms with Crippen molar-refractivity contribution in [3.8, 4) is 0 Å². The highest BCUT2D eigenvalue weighted by Crippen LogP contribution is 2.07. The molecule has 1 aromatic heterocycles. The van der Waals surface area contributed by atoms with Gasteiger partial charge in [0.05, 0.1) is 6.54 Å². The van der Waals surface area contributed by atoms with Crippen LogP contribution in [0.15, 0.2) is 46.9 Å². The number of rotatable bonds is 6. The van der Waals surface area contributed by atoms with Gasteiger partial charge in [-0.1, -0.05) is 30.3 Å². The predicted molar refractivity (Wildman–Crippen MR) is 67.5 cm³/mol. The van der Waals surface area contributed by atoms with E-state index >= 15 is 0 Å². The lowest BCUT2D eigenvalue weighted by molar-refractivity contribution is 0.0660. The third kappa shape index (κ3) is 3.46. The molecule has 1 heterocycles. The normalized spacial score (nSPS) is 10.4. The summed E-state index contributed by atoms with van der Waals surface area (Å²) in [5.41, 5.74) is 1.27. The summed E-state index contributed by atoms with van der Waals surface area (Å²) in [5, 5.41) is 11.9. The van der Waals surface area contributed by atoms with Crippen LogP contribution in [0.3, 0.4) is 0 Å². The lowest BCUT2D eigenvalue weighted by Crippen LogP contribution is -2.16. The molecule has 0 spiro atoms. The highest BCUT2D eigenvalue weighted by molar-refractivity contribution is 5.84. The van der Waals surface area contributed by atoms with Gasteiger partial charge in [0.2, 0.25) is 5.76 Å². The Morgan fingerprint density at radius 3 is 2.61 bits per heavy atom. The maximum atomic E-state index is 10.6. The van der Waals surface area contributed by atoms with E-state index in [0.29, 0.717) is 12.3 Å². The van der Waals surface area contributed by atoms with E-state index in [1.165, 1.54) is 11.6 Å². The zero-order valence-corrected chi connectivity index (χ0v) is 9.93. The highest BCUT2D eigenvalue weighted by Gasteiger charge is 2.07. The molecule has 0 saturated carbocycles. The number of benzene rings is 1. The number of furan rings is 1. The van der Waals surface area contributed by atoms with Crippen LogP contribution in [0, 0.1) is 0 Å². The molecule has 0 atom stereocenters. The van der Waals surface area contributed by atoms with E-state index in [1.807, 2.05) is 18.2 Å². The van der Waals surface area contributed by atoms with Crippen LogP contribution in [0.2, 0.25) is 0 Å². The molecular weight excluding hydrogens is 230 g/mol. The third-order valence-electron chi connectivity index (χ3n) is 2.60. The molecule has 2 rings (SSSR count). The van der Waals surface area contributed by atoms with Gasteiger partial charge in [0, 0.05) is 0 Å². The fraction of sp³-hybridized carbons (Fsp3) is 0.214. The monoisotopic (exact) mass is 245 g/mol. The van der Waals surface area contributed by atoms with Gasteiger partial charge in [-0.25, -0.2) is 4.79 Å². The van der Waals surface area contributed by atoms with E-state index in [-0.39, 0.29) is 5.76 Å². The minimum atomic E-state index is -1.04. The van der Waals surface area contributed by atoms with Crippen LogP contribution < -0.4 is 5.32 Å². The van der Waals surface area contributed by atoms with E-state index in [0.717, 1.165) is 13.0 Å². The largest absolute Gasteiger partial charge is 0.475 e. The van der Waals surface area contributed by atoms with Crippen molar-refractivity contribution in [3.63, 3.8) is 0 Å². The average molecular weight is 245 g/mol. The molecule has 0 fully saturated rings. The molecule has 0 unspecified atom stereocenters. The molecule has 0 aliphatic heterocycles. The van der Waals surface area contributed by atoms with Crippen molar-refractivity contribution in [1.29, 1.82) is 0 Å². The molecule has 0 bridgehead atoms. The molecule has 1 aromatic carbocycles. The van der Waals surface area contributed by atoms with Crippen LogP contribution in [0.25, 0.3) is 0 Å². The fourth-order valence-electron chi connectivity index (χ4n) is 1.68. The number of nitrogens with one attached hydrogen (secondary N) is 1. The van der Waals surface area contributed by atoms with Gasteiger partial charge in [-0.05, 0) is 30.7 Å². The van der Waals surface area contributed by atoms with Gasteiger partial charge in [0.25, 0.3) is 0 Å². The molecule has 0 aliphatic rings. The van der Waals surface area contributed by atoms with E-state index in [2.05, 4.69) is 17.4 Å². The standard InChI is InChI=1S/C14H15NO3/c16-14(17)13-7-6-12(18-13)10-15-9-8-11-4-2-1-3-5-11/h1-7,15H,8-10H2,(H,16,17). The summed E-state index contributed by atoms with van der Waals surface area (Å²) in [4.78, 5) is 10.6. The first-order valence-electron chi connectivity index (χ1n) is 5.82. The Kier molecular flexibility index (Phi) is 4.15. The zero-order valence-electron chi connectivity index (χ0n) is 9.93. The van der Waals surface area contributed by atoms with E-state index < -0.39 is 5.97 Å². The van der Waals surface area contributed by atoms with E-state index in [4.69, 9.17) is 9.52 Å². The second-order valence-electron chi connectivity index (χ2n) is 3.98. The molecule has 0 saturated heterocycles. The molecule has 94 valence electrons. The van der Waals surface area contributed by atoms with Crippen molar-refractivity contribution < 1.29 is 14.3 Å². The molecule has 2 N–H and O–H groups in total. The van der Waals surface area contributed by atoms with Gasteiger partial charge in [-0.3, -0.25) is 0 Å². The summed E-state index contributed by atoms with van der Waals surface area (Å²) in [6.07, 6.45) is 0.938. The summed E-state index contributed by atoms with van der Waals surface area (Å²) in [6, 6.07) is 13.3. The van der Waals surface area contributed by atoms with Crippen molar-refractivity contribution in [2.24, 2.45) is 0 Å². The van der Waals surface area contributed by atoms with E-state index in [1.54, 1.807) is 6.07 Å². The smallest absolute Gasteiger partial charge is 0.371 e. The maximum Gasteiger partial charge on any atom is 0.371 e. The number of carboxylic acid groups (broad SMARTS) is 1. The number of hydrogen-bond acceptors (Lipinski definition) is 3. The Bertz CT molecular complexity index is 505. The molecule has 18 heavy (non-hydrogen) atoms. The quantitative estimate of drug-likeness (QED) is 0.767. The van der Waals surface area contributed by atoms with Crippen molar-refractivity contribution >= 4 is 5.97 Å². The third-order valence-corrected chi connectivity index (χ3v) is 2.60. The Balaban J connectivity index is 1.73. The SMILES string of the molecule is O=C(O)c1ccc(CNCCc2ccccc2)o1. The van der Waals surface area contributed by atoms with Crippen LogP contribution in [-0.2, 0) is 13.0 Å². The molecule has 4 heteroatoms. The number of hydrogen-bond donors (Lipinski definition) is 2. The molecule has 0 aliphatic carbocycles. The van der Waals surface area contributed by atoms with Gasteiger partial charge in [0.15, 0.2) is 0 Å². The van der Waals surface area contributed by atoms with Gasteiger partial charge >= 0.3 is 5.97 Å². The number of aromatic carboxylic acids is 1. The lowest BCUT2D eigenvalue weighted by atomic mass is 10.1. The number of carbonyl (C=O) groups is 1. The van der Waals surface area contributed by atoms with E-state index in [9.17, 15) is 4.79 Å².